The molecule has 1 saturated heterocycles. The Labute approximate surface area is 142 Å². The second kappa shape index (κ2) is 6.99. The van der Waals surface area contributed by atoms with Crippen LogP contribution in [0.1, 0.15) is 41.1 Å². The van der Waals surface area contributed by atoms with Crippen molar-refractivity contribution in [1.29, 1.82) is 0 Å². The van der Waals surface area contributed by atoms with E-state index in [1.807, 2.05) is 18.4 Å². The fraction of sp³-hybridized carbons (Fsp3) is 0.611. The fourth-order valence-electron chi connectivity index (χ4n) is 3.57. The number of aliphatic hydroxyl groups is 1. The highest BCUT2D eigenvalue weighted by atomic mass is 16.5. The SMILES string of the molecule is COC(=O)c1cc2oc(C)c(C)c2n1C[C@@H](O)CN1CCCCC1. The number of carbonyl (C=O) groups is 1. The Bertz CT molecular complexity index is 725. The highest BCUT2D eigenvalue weighted by molar-refractivity contribution is 5.95. The number of hydrogen-bond acceptors (Lipinski definition) is 5. The number of β-amino-alcohol motifs (C(OH)–C–C–N with tert-alkyl or cyclic N) is 1. The molecule has 2 aromatic rings. The number of ether oxygens (including phenoxy) is 1. The van der Waals surface area contributed by atoms with Gasteiger partial charge in [-0.2, -0.15) is 0 Å². The quantitative estimate of drug-likeness (QED) is 0.851. The van der Waals surface area contributed by atoms with Crippen molar-refractivity contribution < 1.29 is 19.1 Å². The highest BCUT2D eigenvalue weighted by Gasteiger charge is 2.24. The van der Waals surface area contributed by atoms with Crippen LogP contribution in [-0.4, -0.2) is 53.4 Å². The summed E-state index contributed by atoms with van der Waals surface area (Å²) in [4.78, 5) is 14.4. The van der Waals surface area contributed by atoms with Gasteiger partial charge in [0.25, 0.3) is 0 Å². The van der Waals surface area contributed by atoms with E-state index < -0.39 is 12.1 Å². The number of carbonyl (C=O) groups excluding carboxylic acids is 1. The van der Waals surface area contributed by atoms with Gasteiger partial charge in [-0.1, -0.05) is 6.42 Å². The third-order valence-electron chi connectivity index (χ3n) is 4.91. The first kappa shape index (κ1) is 17.0. The molecule has 6 nitrogen and oxygen atoms in total. The number of methoxy groups -OCH3 is 1. The second-order valence-corrected chi connectivity index (χ2v) is 6.64. The molecule has 0 radical (unpaired) electrons. The van der Waals surface area contributed by atoms with Gasteiger partial charge in [0, 0.05) is 18.2 Å². The number of aryl methyl sites for hydroxylation is 2. The van der Waals surface area contributed by atoms with Crippen LogP contribution in [0.5, 0.6) is 0 Å². The molecule has 1 aliphatic heterocycles. The predicted molar refractivity (Wildman–Crippen MR) is 91.3 cm³/mol. The molecule has 1 atom stereocenters. The van der Waals surface area contributed by atoms with Crippen molar-refractivity contribution in [2.45, 2.75) is 45.8 Å². The minimum Gasteiger partial charge on any atom is -0.464 e. The highest BCUT2D eigenvalue weighted by Crippen LogP contribution is 2.29. The van der Waals surface area contributed by atoms with E-state index in [4.69, 9.17) is 9.15 Å². The van der Waals surface area contributed by atoms with Crippen molar-refractivity contribution in [2.75, 3.05) is 26.7 Å². The van der Waals surface area contributed by atoms with Gasteiger partial charge in [-0.25, -0.2) is 4.79 Å². The number of piperidine rings is 1. The molecule has 132 valence electrons. The second-order valence-electron chi connectivity index (χ2n) is 6.64. The molecule has 0 saturated carbocycles. The van der Waals surface area contributed by atoms with E-state index in [2.05, 4.69) is 4.90 Å². The van der Waals surface area contributed by atoms with Gasteiger partial charge >= 0.3 is 5.97 Å². The average molecular weight is 334 g/mol. The zero-order valence-electron chi connectivity index (χ0n) is 14.7. The molecule has 24 heavy (non-hydrogen) atoms. The van der Waals surface area contributed by atoms with Gasteiger partial charge in [0.15, 0.2) is 5.58 Å². The van der Waals surface area contributed by atoms with E-state index in [9.17, 15) is 9.90 Å². The standard InChI is InChI=1S/C18H26N2O4/c1-12-13(2)24-16-9-15(18(22)23-3)20(17(12)16)11-14(21)10-19-7-5-4-6-8-19/h9,14,21H,4-8,10-11H2,1-3H3/t14-/m0/s1. The van der Waals surface area contributed by atoms with E-state index in [0.717, 1.165) is 29.9 Å². The number of furan rings is 1. The van der Waals surface area contributed by atoms with Crippen LogP contribution < -0.4 is 0 Å². The maximum atomic E-state index is 12.1. The molecule has 1 aliphatic rings. The Morgan fingerprint density at radius 1 is 1.29 bits per heavy atom. The molecule has 0 bridgehead atoms. The van der Waals surface area contributed by atoms with E-state index in [0.29, 0.717) is 24.4 Å². The van der Waals surface area contributed by atoms with Crippen LogP contribution in [0.2, 0.25) is 0 Å². The molecule has 1 fully saturated rings. The van der Waals surface area contributed by atoms with Crippen molar-refractivity contribution in [3.63, 3.8) is 0 Å². The van der Waals surface area contributed by atoms with Gasteiger partial charge in [-0.3, -0.25) is 0 Å². The van der Waals surface area contributed by atoms with Gasteiger partial charge < -0.3 is 23.7 Å². The van der Waals surface area contributed by atoms with Crippen molar-refractivity contribution in [1.82, 2.24) is 9.47 Å². The number of aliphatic hydroxyl groups excluding tert-OH is 1. The molecular weight excluding hydrogens is 308 g/mol. The third-order valence-corrected chi connectivity index (χ3v) is 4.91. The van der Waals surface area contributed by atoms with E-state index in [1.165, 1.54) is 26.4 Å². The molecule has 2 aromatic heterocycles. The van der Waals surface area contributed by atoms with Crippen molar-refractivity contribution in [3.8, 4) is 0 Å². The Hall–Kier alpha value is -1.79. The molecule has 6 heteroatoms. The van der Waals surface area contributed by atoms with Crippen LogP contribution in [0.3, 0.4) is 0 Å². The first-order chi connectivity index (χ1) is 11.5. The van der Waals surface area contributed by atoms with E-state index >= 15 is 0 Å². The molecule has 0 aromatic carbocycles. The number of fused-ring (bicyclic) bond motifs is 1. The fourth-order valence-corrected chi connectivity index (χ4v) is 3.57. The minimum absolute atomic E-state index is 0.351. The molecule has 3 rings (SSSR count). The Morgan fingerprint density at radius 3 is 2.67 bits per heavy atom. The lowest BCUT2D eigenvalue weighted by Crippen LogP contribution is -2.38. The Morgan fingerprint density at radius 2 is 2.00 bits per heavy atom. The van der Waals surface area contributed by atoms with Gasteiger partial charge in [-0.05, 0) is 39.8 Å². The van der Waals surface area contributed by atoms with E-state index in [1.54, 1.807) is 6.07 Å². The van der Waals surface area contributed by atoms with Crippen molar-refractivity contribution >= 4 is 17.1 Å². The van der Waals surface area contributed by atoms with Crippen LogP contribution in [0, 0.1) is 13.8 Å². The van der Waals surface area contributed by atoms with Gasteiger partial charge in [-0.15, -0.1) is 0 Å². The van der Waals surface area contributed by atoms with Crippen molar-refractivity contribution in [2.24, 2.45) is 0 Å². The van der Waals surface area contributed by atoms with Gasteiger partial charge in [0.05, 0.1) is 25.3 Å². The lowest BCUT2D eigenvalue weighted by molar-refractivity contribution is 0.0576. The number of nitrogens with zero attached hydrogens (tertiary/aromatic N) is 2. The zero-order valence-corrected chi connectivity index (χ0v) is 14.7. The van der Waals surface area contributed by atoms with Crippen LogP contribution in [0.25, 0.3) is 11.1 Å². The topological polar surface area (TPSA) is 67.8 Å². The largest absolute Gasteiger partial charge is 0.464 e. The Balaban J connectivity index is 1.86. The summed E-state index contributed by atoms with van der Waals surface area (Å²) in [5, 5.41) is 10.6. The number of rotatable bonds is 5. The summed E-state index contributed by atoms with van der Waals surface area (Å²) < 4.78 is 12.4. The molecule has 0 aliphatic carbocycles. The molecular formula is C18H26N2O4. The summed E-state index contributed by atoms with van der Waals surface area (Å²) >= 11 is 0. The summed E-state index contributed by atoms with van der Waals surface area (Å²) in [5.41, 5.74) is 2.94. The molecule has 0 spiro atoms. The summed E-state index contributed by atoms with van der Waals surface area (Å²) in [7, 11) is 1.36. The van der Waals surface area contributed by atoms with Crippen LogP contribution >= 0.6 is 0 Å². The number of esters is 1. The number of hydrogen-bond donors (Lipinski definition) is 1. The first-order valence-corrected chi connectivity index (χ1v) is 8.59. The van der Waals surface area contributed by atoms with Crippen molar-refractivity contribution in [3.05, 3.63) is 23.1 Å². The minimum atomic E-state index is -0.545. The normalized spacial score (nSPS) is 17.3. The number of aromatic nitrogens is 1. The monoisotopic (exact) mass is 334 g/mol. The Kier molecular flexibility index (Phi) is 4.96. The molecule has 0 unspecified atom stereocenters. The maximum absolute atomic E-state index is 12.1. The van der Waals surface area contributed by atoms with E-state index in [-0.39, 0.29) is 0 Å². The zero-order chi connectivity index (χ0) is 17.3. The van der Waals surface area contributed by atoms with Crippen LogP contribution in [0.4, 0.5) is 0 Å². The molecule has 3 heterocycles. The lowest BCUT2D eigenvalue weighted by Gasteiger charge is -2.28. The van der Waals surface area contributed by atoms with Crippen LogP contribution in [0.15, 0.2) is 10.5 Å². The number of likely N-dealkylation sites (tertiary alicyclic amines) is 1. The van der Waals surface area contributed by atoms with Gasteiger partial charge in [0.1, 0.15) is 11.5 Å². The van der Waals surface area contributed by atoms with Crippen LogP contribution in [-0.2, 0) is 11.3 Å². The summed E-state index contributed by atoms with van der Waals surface area (Å²) in [5.74, 6) is 0.416. The molecule has 0 amide bonds. The average Bonchev–Trinajstić information content (AvgIpc) is 3.05. The van der Waals surface area contributed by atoms with Gasteiger partial charge in [0.2, 0.25) is 0 Å². The summed E-state index contributed by atoms with van der Waals surface area (Å²) in [6, 6.07) is 1.70. The summed E-state index contributed by atoms with van der Waals surface area (Å²) in [6.07, 6.45) is 3.10. The molecule has 1 N–H and O–H groups in total. The first-order valence-electron chi connectivity index (χ1n) is 8.59. The summed E-state index contributed by atoms with van der Waals surface area (Å²) in [6.45, 7) is 6.91. The maximum Gasteiger partial charge on any atom is 0.354 e. The third kappa shape index (κ3) is 3.21. The lowest BCUT2D eigenvalue weighted by atomic mass is 10.1. The smallest absolute Gasteiger partial charge is 0.354 e. The predicted octanol–water partition coefficient (Wildman–Crippen LogP) is 2.48.